The second-order valence-electron chi connectivity index (χ2n) is 3.54. The number of anilines is 1. The van der Waals surface area contributed by atoms with Crippen molar-refractivity contribution in [3.8, 4) is 0 Å². The Bertz CT molecular complexity index is 288. The topological polar surface area (TPSA) is 71.2 Å². The van der Waals surface area contributed by atoms with Gasteiger partial charge in [0.2, 0.25) is 5.89 Å². The van der Waals surface area contributed by atoms with Gasteiger partial charge in [0.25, 0.3) is 0 Å². The molecule has 0 bridgehead atoms. The van der Waals surface area contributed by atoms with Gasteiger partial charge in [-0.15, -0.1) is 5.10 Å². The van der Waals surface area contributed by atoms with E-state index in [-0.39, 0.29) is 12.1 Å². The molecule has 0 atom stereocenters. The molecule has 1 aromatic rings. The summed E-state index contributed by atoms with van der Waals surface area (Å²) < 4.78 is 5.17. The summed E-state index contributed by atoms with van der Waals surface area (Å²) in [6, 6.07) is 0.409. The van der Waals surface area contributed by atoms with Crippen LogP contribution in [0.2, 0.25) is 0 Å². The van der Waals surface area contributed by atoms with Crippen LogP contribution >= 0.6 is 0 Å². The fourth-order valence-corrected chi connectivity index (χ4v) is 1.50. The average Bonchev–Trinajstić information content (AvgIpc) is 2.44. The summed E-state index contributed by atoms with van der Waals surface area (Å²) in [6.45, 7) is 1.86. The number of aliphatic hydroxyl groups is 1. The molecule has 0 amide bonds. The normalized spacial score (nSPS) is 19.5. The number of aryl methyl sites for hydroxylation is 1. The molecule has 1 aliphatic rings. The lowest BCUT2D eigenvalue weighted by Gasteiger charge is -2.40. The molecule has 0 unspecified atom stereocenters. The monoisotopic (exact) mass is 183 g/mol. The van der Waals surface area contributed by atoms with Crippen molar-refractivity contribution < 1.29 is 9.52 Å². The van der Waals surface area contributed by atoms with Gasteiger partial charge >= 0.3 is 6.01 Å². The minimum Gasteiger partial charge on any atom is -0.408 e. The van der Waals surface area contributed by atoms with Gasteiger partial charge in [-0.25, -0.2) is 0 Å². The molecule has 0 radical (unpaired) electrons. The molecule has 0 saturated heterocycles. The lowest BCUT2D eigenvalue weighted by molar-refractivity contribution is 0.141. The summed E-state index contributed by atoms with van der Waals surface area (Å²) in [5.74, 6) is 0.537. The highest BCUT2D eigenvalue weighted by Gasteiger charge is 2.37. The van der Waals surface area contributed by atoms with E-state index in [0.29, 0.717) is 11.9 Å². The molecule has 1 heterocycles. The molecular formula is C8H13N3O2. The zero-order chi connectivity index (χ0) is 9.31. The first-order valence-electron chi connectivity index (χ1n) is 4.43. The Morgan fingerprint density at radius 3 is 2.69 bits per heavy atom. The number of aromatic nitrogens is 2. The Morgan fingerprint density at radius 2 is 2.31 bits per heavy atom. The van der Waals surface area contributed by atoms with Crippen LogP contribution in [0.4, 0.5) is 6.01 Å². The highest BCUT2D eigenvalue weighted by Crippen LogP contribution is 2.34. The van der Waals surface area contributed by atoms with Crippen molar-refractivity contribution in [2.75, 3.05) is 11.9 Å². The SMILES string of the molecule is Cc1nnc(NC2(CO)CCC2)o1. The van der Waals surface area contributed by atoms with E-state index in [0.717, 1.165) is 19.3 Å². The average molecular weight is 183 g/mol. The third-order valence-corrected chi connectivity index (χ3v) is 2.51. The zero-order valence-electron chi connectivity index (χ0n) is 7.58. The van der Waals surface area contributed by atoms with Crippen molar-refractivity contribution >= 4 is 6.01 Å². The number of rotatable bonds is 3. The number of hydrogen-bond donors (Lipinski definition) is 2. The van der Waals surface area contributed by atoms with Crippen LogP contribution < -0.4 is 5.32 Å². The predicted molar refractivity (Wildman–Crippen MR) is 46.3 cm³/mol. The van der Waals surface area contributed by atoms with Crippen LogP contribution in [0.5, 0.6) is 0 Å². The van der Waals surface area contributed by atoms with Gasteiger partial charge in [-0.2, -0.15) is 0 Å². The van der Waals surface area contributed by atoms with Crippen molar-refractivity contribution in [1.82, 2.24) is 10.2 Å². The van der Waals surface area contributed by atoms with Gasteiger partial charge in [-0.05, 0) is 19.3 Å². The third-order valence-electron chi connectivity index (χ3n) is 2.51. The fourth-order valence-electron chi connectivity index (χ4n) is 1.50. The van der Waals surface area contributed by atoms with Gasteiger partial charge in [0.15, 0.2) is 0 Å². The van der Waals surface area contributed by atoms with Gasteiger partial charge in [0, 0.05) is 6.92 Å². The summed E-state index contributed by atoms with van der Waals surface area (Å²) in [5.41, 5.74) is -0.209. The van der Waals surface area contributed by atoms with Gasteiger partial charge in [-0.1, -0.05) is 5.10 Å². The van der Waals surface area contributed by atoms with Gasteiger partial charge in [0.05, 0.1) is 12.1 Å². The summed E-state index contributed by atoms with van der Waals surface area (Å²) >= 11 is 0. The number of aliphatic hydroxyl groups excluding tert-OH is 1. The van der Waals surface area contributed by atoms with Crippen molar-refractivity contribution in [3.63, 3.8) is 0 Å². The number of nitrogens with one attached hydrogen (secondary N) is 1. The highest BCUT2D eigenvalue weighted by atomic mass is 16.4. The van der Waals surface area contributed by atoms with E-state index in [1.54, 1.807) is 6.92 Å². The predicted octanol–water partition coefficient (Wildman–Crippen LogP) is 0.705. The van der Waals surface area contributed by atoms with Crippen LogP contribution in [0.3, 0.4) is 0 Å². The Morgan fingerprint density at radius 1 is 1.54 bits per heavy atom. The first-order chi connectivity index (χ1) is 6.24. The molecule has 1 aliphatic carbocycles. The van der Waals surface area contributed by atoms with Crippen molar-refractivity contribution in [2.24, 2.45) is 0 Å². The van der Waals surface area contributed by atoms with Gasteiger partial charge in [0.1, 0.15) is 0 Å². The number of nitrogens with zero attached hydrogens (tertiary/aromatic N) is 2. The van der Waals surface area contributed by atoms with Gasteiger partial charge < -0.3 is 14.8 Å². The second-order valence-corrected chi connectivity index (χ2v) is 3.54. The molecule has 13 heavy (non-hydrogen) atoms. The van der Waals surface area contributed by atoms with Crippen LogP contribution in [-0.2, 0) is 0 Å². The van der Waals surface area contributed by atoms with Crippen molar-refractivity contribution in [3.05, 3.63) is 5.89 Å². The van der Waals surface area contributed by atoms with Crippen LogP contribution in [0.25, 0.3) is 0 Å². The molecule has 72 valence electrons. The van der Waals surface area contributed by atoms with Gasteiger partial charge in [-0.3, -0.25) is 0 Å². The molecule has 0 spiro atoms. The lowest BCUT2D eigenvalue weighted by atomic mass is 9.77. The maximum absolute atomic E-state index is 9.15. The van der Waals surface area contributed by atoms with Crippen LogP contribution in [0.1, 0.15) is 25.2 Å². The Kier molecular flexibility index (Phi) is 1.95. The standard InChI is InChI=1S/C8H13N3O2/c1-6-10-11-7(13-6)9-8(5-12)3-2-4-8/h12H,2-5H2,1H3,(H,9,11). The fraction of sp³-hybridized carbons (Fsp3) is 0.750. The molecule has 5 heteroatoms. The Hall–Kier alpha value is -1.10. The molecule has 1 aromatic heterocycles. The van der Waals surface area contributed by atoms with Crippen molar-refractivity contribution in [1.29, 1.82) is 0 Å². The van der Waals surface area contributed by atoms with E-state index in [1.807, 2.05) is 0 Å². The minimum atomic E-state index is -0.209. The molecule has 0 aromatic carbocycles. The maximum atomic E-state index is 9.15. The first kappa shape index (κ1) is 8.50. The summed E-state index contributed by atoms with van der Waals surface area (Å²) in [5, 5.41) is 19.7. The highest BCUT2D eigenvalue weighted by molar-refractivity contribution is 5.26. The Labute approximate surface area is 76.2 Å². The quantitative estimate of drug-likeness (QED) is 0.722. The molecule has 1 saturated carbocycles. The molecule has 1 fully saturated rings. The first-order valence-corrected chi connectivity index (χ1v) is 4.43. The Balaban J connectivity index is 2.04. The summed E-state index contributed by atoms with van der Waals surface area (Å²) in [7, 11) is 0. The van der Waals surface area contributed by atoms with E-state index in [9.17, 15) is 0 Å². The van der Waals surface area contributed by atoms with Crippen molar-refractivity contribution in [2.45, 2.75) is 31.7 Å². The molecule has 0 aliphatic heterocycles. The summed E-state index contributed by atoms with van der Waals surface area (Å²) in [4.78, 5) is 0. The molecular weight excluding hydrogens is 170 g/mol. The number of hydrogen-bond acceptors (Lipinski definition) is 5. The minimum absolute atomic E-state index is 0.119. The van der Waals surface area contributed by atoms with Crippen LogP contribution in [0.15, 0.2) is 4.42 Å². The van der Waals surface area contributed by atoms with E-state index in [2.05, 4.69) is 15.5 Å². The molecule has 5 nitrogen and oxygen atoms in total. The smallest absolute Gasteiger partial charge is 0.315 e. The maximum Gasteiger partial charge on any atom is 0.315 e. The molecule has 2 rings (SSSR count). The second kappa shape index (κ2) is 2.99. The van der Waals surface area contributed by atoms with Crippen LogP contribution in [-0.4, -0.2) is 27.4 Å². The largest absolute Gasteiger partial charge is 0.408 e. The molecule has 2 N–H and O–H groups in total. The zero-order valence-corrected chi connectivity index (χ0v) is 7.58. The lowest BCUT2D eigenvalue weighted by Crippen LogP contribution is -2.48. The summed E-state index contributed by atoms with van der Waals surface area (Å²) in [6.07, 6.45) is 3.07. The third kappa shape index (κ3) is 1.51. The van der Waals surface area contributed by atoms with Crippen LogP contribution in [0, 0.1) is 6.92 Å². The van der Waals surface area contributed by atoms with E-state index < -0.39 is 0 Å². The van der Waals surface area contributed by atoms with E-state index in [4.69, 9.17) is 9.52 Å². The van der Waals surface area contributed by atoms with E-state index >= 15 is 0 Å². The van der Waals surface area contributed by atoms with E-state index in [1.165, 1.54) is 0 Å².